The van der Waals surface area contributed by atoms with Gasteiger partial charge in [-0.25, -0.2) is 0 Å². The van der Waals surface area contributed by atoms with E-state index in [-0.39, 0.29) is 0 Å². The number of hydrogen-bond donors (Lipinski definition) is 1. The van der Waals surface area contributed by atoms with Crippen LogP contribution < -0.4 is 15.2 Å². The molecule has 0 aliphatic heterocycles. The van der Waals surface area contributed by atoms with Crippen LogP contribution in [0.2, 0.25) is 0 Å². The third-order valence-corrected chi connectivity index (χ3v) is 4.56. The molecule has 4 heteroatoms. The van der Waals surface area contributed by atoms with Crippen LogP contribution in [-0.2, 0) is 4.79 Å². The van der Waals surface area contributed by atoms with Crippen LogP contribution in [0, 0.1) is 0 Å². The fourth-order valence-corrected chi connectivity index (χ4v) is 2.90. The minimum absolute atomic E-state index is 0.436. The van der Waals surface area contributed by atoms with Gasteiger partial charge in [-0.1, -0.05) is 71.6 Å². The van der Waals surface area contributed by atoms with Gasteiger partial charge in [0.1, 0.15) is 11.5 Å². The molecule has 1 rings (SSSR count). The highest BCUT2D eigenvalue weighted by molar-refractivity contribution is 5.79. The summed E-state index contributed by atoms with van der Waals surface area (Å²) in [5.41, 5.74) is 5.29. The van der Waals surface area contributed by atoms with Crippen LogP contribution >= 0.6 is 0 Å². The lowest BCUT2D eigenvalue weighted by molar-refractivity contribution is -0.124. The van der Waals surface area contributed by atoms with Crippen molar-refractivity contribution in [2.24, 2.45) is 5.73 Å². The average molecular weight is 364 g/mol. The Balaban J connectivity index is 2.06. The van der Waals surface area contributed by atoms with Crippen molar-refractivity contribution in [2.45, 2.75) is 90.6 Å². The fourth-order valence-electron chi connectivity index (χ4n) is 2.90. The van der Waals surface area contributed by atoms with Gasteiger partial charge in [-0.15, -0.1) is 0 Å². The summed E-state index contributed by atoms with van der Waals surface area (Å²) in [7, 11) is 0. The molecule has 1 unspecified atom stereocenters. The second kappa shape index (κ2) is 14.5. The lowest BCUT2D eigenvalue weighted by Gasteiger charge is -2.14. The fraction of sp³-hybridized carbons (Fsp3) is 0.682. The van der Waals surface area contributed by atoms with Crippen molar-refractivity contribution < 1.29 is 14.3 Å². The van der Waals surface area contributed by atoms with Crippen molar-refractivity contribution in [1.82, 2.24) is 0 Å². The zero-order valence-electron chi connectivity index (χ0n) is 16.7. The summed E-state index contributed by atoms with van der Waals surface area (Å²) in [6.07, 6.45) is 13.2. The van der Waals surface area contributed by atoms with Gasteiger partial charge in [-0.05, 0) is 37.1 Å². The molecule has 0 spiro atoms. The molecule has 1 aromatic rings. The van der Waals surface area contributed by atoms with E-state index in [0.29, 0.717) is 12.2 Å². The third-order valence-electron chi connectivity index (χ3n) is 4.56. The third kappa shape index (κ3) is 10.3. The molecule has 0 radical (unpaired) electrons. The molecule has 0 saturated heterocycles. The molecule has 2 N–H and O–H groups in total. The Hall–Kier alpha value is -1.71. The standard InChI is InChI=1S/C22H37NO3/c1-3-5-6-7-8-9-10-11-12-13-18-25-19-14-16-20(17-15-19)26-21(4-2)22(23)24/h14-17,21H,3-13,18H2,1-2H3,(H2,23,24). The second-order valence-corrected chi connectivity index (χ2v) is 6.92. The summed E-state index contributed by atoms with van der Waals surface area (Å²) in [6, 6.07) is 7.39. The van der Waals surface area contributed by atoms with E-state index < -0.39 is 12.0 Å². The van der Waals surface area contributed by atoms with Gasteiger partial charge in [0, 0.05) is 0 Å². The lowest BCUT2D eigenvalue weighted by Crippen LogP contribution is -2.32. The summed E-state index contributed by atoms with van der Waals surface area (Å²) in [4.78, 5) is 11.2. The largest absolute Gasteiger partial charge is 0.494 e. The Kier molecular flexibility index (Phi) is 12.4. The van der Waals surface area contributed by atoms with E-state index in [1.165, 1.54) is 57.8 Å². The predicted octanol–water partition coefficient (Wildman–Crippen LogP) is 5.63. The molecule has 0 saturated carbocycles. The maximum Gasteiger partial charge on any atom is 0.258 e. The van der Waals surface area contributed by atoms with Crippen molar-refractivity contribution in [3.8, 4) is 11.5 Å². The van der Waals surface area contributed by atoms with Crippen LogP contribution in [0.15, 0.2) is 24.3 Å². The van der Waals surface area contributed by atoms with E-state index in [2.05, 4.69) is 6.92 Å². The van der Waals surface area contributed by atoms with Crippen LogP contribution in [-0.4, -0.2) is 18.6 Å². The van der Waals surface area contributed by atoms with Crippen molar-refractivity contribution in [2.75, 3.05) is 6.61 Å². The van der Waals surface area contributed by atoms with E-state index in [4.69, 9.17) is 15.2 Å². The Morgan fingerprint density at radius 2 is 1.35 bits per heavy atom. The number of rotatable bonds is 16. The van der Waals surface area contributed by atoms with Gasteiger partial charge in [-0.2, -0.15) is 0 Å². The van der Waals surface area contributed by atoms with Gasteiger partial charge < -0.3 is 15.2 Å². The molecule has 0 aromatic heterocycles. The smallest absolute Gasteiger partial charge is 0.258 e. The minimum atomic E-state index is -0.576. The SMILES string of the molecule is CCCCCCCCCCCCOc1ccc(OC(CC)C(N)=O)cc1. The van der Waals surface area contributed by atoms with E-state index in [1.807, 2.05) is 31.2 Å². The lowest BCUT2D eigenvalue weighted by atomic mass is 10.1. The molecule has 0 aliphatic rings. The van der Waals surface area contributed by atoms with Gasteiger partial charge in [0.15, 0.2) is 6.10 Å². The van der Waals surface area contributed by atoms with Gasteiger partial charge in [0.25, 0.3) is 5.91 Å². The summed E-state index contributed by atoms with van der Waals surface area (Å²) < 4.78 is 11.3. The second-order valence-electron chi connectivity index (χ2n) is 6.92. The molecule has 26 heavy (non-hydrogen) atoms. The predicted molar refractivity (Wildman–Crippen MR) is 108 cm³/mol. The number of carbonyl (C=O) groups is 1. The summed E-state index contributed by atoms with van der Waals surface area (Å²) in [5.74, 6) is 1.04. The number of ether oxygens (including phenoxy) is 2. The molecular weight excluding hydrogens is 326 g/mol. The number of unbranched alkanes of at least 4 members (excludes halogenated alkanes) is 9. The first-order valence-corrected chi connectivity index (χ1v) is 10.4. The average Bonchev–Trinajstić information content (AvgIpc) is 2.65. The number of carbonyl (C=O) groups excluding carboxylic acids is 1. The monoisotopic (exact) mass is 363 g/mol. The van der Waals surface area contributed by atoms with Crippen molar-refractivity contribution in [1.29, 1.82) is 0 Å². The van der Waals surface area contributed by atoms with Crippen molar-refractivity contribution >= 4 is 5.91 Å². The van der Waals surface area contributed by atoms with Crippen LogP contribution in [0.4, 0.5) is 0 Å². The first kappa shape index (κ1) is 22.3. The Morgan fingerprint density at radius 3 is 1.85 bits per heavy atom. The number of hydrogen-bond acceptors (Lipinski definition) is 3. The Bertz CT molecular complexity index is 473. The summed E-state index contributed by atoms with van der Waals surface area (Å²) in [6.45, 7) is 4.88. The molecular formula is C22H37NO3. The molecule has 0 bridgehead atoms. The molecule has 148 valence electrons. The molecule has 4 nitrogen and oxygen atoms in total. The molecule has 1 aromatic carbocycles. The highest BCUT2D eigenvalue weighted by Gasteiger charge is 2.14. The van der Waals surface area contributed by atoms with Gasteiger partial charge in [-0.3, -0.25) is 4.79 Å². The molecule has 0 aliphatic carbocycles. The maximum absolute atomic E-state index is 11.2. The van der Waals surface area contributed by atoms with Gasteiger partial charge in [0.2, 0.25) is 0 Å². The molecule has 1 atom stereocenters. The highest BCUT2D eigenvalue weighted by atomic mass is 16.5. The number of benzene rings is 1. The number of nitrogens with two attached hydrogens (primary N) is 1. The van der Waals surface area contributed by atoms with E-state index >= 15 is 0 Å². The number of primary amides is 1. The van der Waals surface area contributed by atoms with E-state index in [1.54, 1.807) is 0 Å². The minimum Gasteiger partial charge on any atom is -0.494 e. The van der Waals surface area contributed by atoms with Crippen LogP contribution in [0.5, 0.6) is 11.5 Å². The van der Waals surface area contributed by atoms with E-state index in [0.717, 1.165) is 18.8 Å². The topological polar surface area (TPSA) is 61.6 Å². The zero-order chi connectivity index (χ0) is 19.0. The summed E-state index contributed by atoms with van der Waals surface area (Å²) >= 11 is 0. The molecule has 0 fully saturated rings. The first-order valence-electron chi connectivity index (χ1n) is 10.4. The number of amides is 1. The van der Waals surface area contributed by atoms with Crippen LogP contribution in [0.1, 0.15) is 84.5 Å². The first-order chi connectivity index (χ1) is 12.7. The zero-order valence-corrected chi connectivity index (χ0v) is 16.7. The van der Waals surface area contributed by atoms with Crippen LogP contribution in [0.3, 0.4) is 0 Å². The highest BCUT2D eigenvalue weighted by Crippen LogP contribution is 2.20. The van der Waals surface area contributed by atoms with Gasteiger partial charge in [0.05, 0.1) is 6.61 Å². The Labute approximate surface area is 159 Å². The Morgan fingerprint density at radius 1 is 0.846 bits per heavy atom. The maximum atomic E-state index is 11.2. The van der Waals surface area contributed by atoms with Crippen molar-refractivity contribution in [3.05, 3.63) is 24.3 Å². The normalized spacial score (nSPS) is 11.9. The molecule has 1 amide bonds. The van der Waals surface area contributed by atoms with E-state index in [9.17, 15) is 4.79 Å². The van der Waals surface area contributed by atoms with Crippen LogP contribution in [0.25, 0.3) is 0 Å². The summed E-state index contributed by atoms with van der Waals surface area (Å²) in [5, 5.41) is 0. The quantitative estimate of drug-likeness (QED) is 0.387. The molecule has 0 heterocycles. The van der Waals surface area contributed by atoms with Gasteiger partial charge >= 0.3 is 0 Å². The van der Waals surface area contributed by atoms with Crippen molar-refractivity contribution in [3.63, 3.8) is 0 Å².